The Labute approximate surface area is 186 Å². The highest BCUT2D eigenvalue weighted by atomic mass is 16.6. The van der Waals surface area contributed by atoms with Gasteiger partial charge in [0.25, 0.3) is 11.6 Å². The standard InChI is InChI=1S/C24H28N4O4/c1-12(2)20-22(30)32-24(3,23(31)26-20)27-21(29)14-8-16-15-6-5-7-17-19(15)13(10-25-17)9-18(16)28(4)11-14/h5-8,10,12,14,18,20,25H,9,11H2,1-4H3,(H,26,31)(H,27,29)/t14-,18-,20+,24+/m1/s1. The number of nitrogens with one attached hydrogen (secondary N) is 3. The van der Waals surface area contributed by atoms with Gasteiger partial charge in [-0.15, -0.1) is 0 Å². The Morgan fingerprint density at radius 1 is 1.31 bits per heavy atom. The van der Waals surface area contributed by atoms with Gasteiger partial charge in [0, 0.05) is 36.6 Å². The molecule has 168 valence electrons. The lowest BCUT2D eigenvalue weighted by Crippen LogP contribution is -2.68. The van der Waals surface area contributed by atoms with Crippen LogP contribution in [0.1, 0.15) is 31.9 Å². The number of likely N-dealkylation sites (N-methyl/N-ethyl adjacent to an activating group) is 1. The van der Waals surface area contributed by atoms with Crippen LogP contribution >= 0.6 is 0 Å². The predicted octanol–water partition coefficient (Wildman–Crippen LogP) is 1.57. The number of morpholine rings is 1. The van der Waals surface area contributed by atoms with E-state index in [-0.39, 0.29) is 17.9 Å². The minimum Gasteiger partial charge on any atom is -0.428 e. The molecular weight excluding hydrogens is 408 g/mol. The van der Waals surface area contributed by atoms with Crippen LogP contribution in [-0.4, -0.2) is 59.1 Å². The van der Waals surface area contributed by atoms with E-state index in [9.17, 15) is 14.4 Å². The summed E-state index contributed by atoms with van der Waals surface area (Å²) in [6.07, 6.45) is 4.95. The molecule has 5 rings (SSSR count). The number of carbonyl (C=O) groups is 3. The number of rotatable bonds is 3. The van der Waals surface area contributed by atoms with Crippen LogP contribution in [0.25, 0.3) is 16.5 Å². The van der Waals surface area contributed by atoms with Crippen LogP contribution < -0.4 is 10.6 Å². The number of cyclic esters (lactones) is 1. The van der Waals surface area contributed by atoms with Crippen molar-refractivity contribution in [1.29, 1.82) is 0 Å². The number of fused-ring (bicyclic) bond motifs is 2. The molecule has 0 saturated carbocycles. The lowest BCUT2D eigenvalue weighted by Gasteiger charge is -2.41. The third-order valence-electron chi connectivity index (χ3n) is 6.91. The zero-order valence-corrected chi connectivity index (χ0v) is 18.7. The molecule has 3 aliphatic rings. The summed E-state index contributed by atoms with van der Waals surface area (Å²) in [4.78, 5) is 43.8. The minimum atomic E-state index is -1.73. The van der Waals surface area contributed by atoms with E-state index in [0.717, 1.165) is 23.1 Å². The third kappa shape index (κ3) is 3.12. The van der Waals surface area contributed by atoms with E-state index in [4.69, 9.17) is 4.74 Å². The fraction of sp³-hybridized carbons (Fsp3) is 0.458. The monoisotopic (exact) mass is 436 g/mol. The van der Waals surface area contributed by atoms with Crippen LogP contribution in [0.15, 0.2) is 30.5 Å². The molecule has 2 aliphatic heterocycles. The maximum absolute atomic E-state index is 13.2. The molecule has 2 amide bonds. The van der Waals surface area contributed by atoms with Crippen LogP contribution in [0.3, 0.4) is 0 Å². The van der Waals surface area contributed by atoms with Crippen molar-refractivity contribution in [2.75, 3.05) is 13.6 Å². The average molecular weight is 437 g/mol. The second-order valence-electron chi connectivity index (χ2n) is 9.57. The predicted molar refractivity (Wildman–Crippen MR) is 119 cm³/mol. The normalized spacial score (nSPS) is 29.9. The van der Waals surface area contributed by atoms with Gasteiger partial charge < -0.3 is 20.4 Å². The molecule has 3 heterocycles. The van der Waals surface area contributed by atoms with E-state index in [2.05, 4.69) is 38.8 Å². The van der Waals surface area contributed by atoms with Crippen molar-refractivity contribution in [2.45, 2.75) is 45.0 Å². The van der Waals surface area contributed by atoms with Gasteiger partial charge in [0.05, 0.1) is 5.92 Å². The Morgan fingerprint density at radius 3 is 2.84 bits per heavy atom. The number of benzene rings is 1. The Bertz CT molecular complexity index is 1170. The topological polar surface area (TPSA) is 104 Å². The lowest BCUT2D eigenvalue weighted by molar-refractivity contribution is -0.184. The SMILES string of the molecule is CC(C)[C@@H]1NC(=O)[C@@](C)(NC(=O)[C@@H]2C=C3c4cccc5[nH]cc(c45)C[C@H]3N(C)C2)OC1=O. The van der Waals surface area contributed by atoms with Crippen molar-refractivity contribution < 1.29 is 19.1 Å². The molecule has 1 saturated heterocycles. The Balaban J connectivity index is 1.42. The number of ether oxygens (including phenoxy) is 1. The molecule has 32 heavy (non-hydrogen) atoms. The van der Waals surface area contributed by atoms with Crippen molar-refractivity contribution in [3.63, 3.8) is 0 Å². The van der Waals surface area contributed by atoms with Gasteiger partial charge in [0.1, 0.15) is 6.04 Å². The van der Waals surface area contributed by atoms with E-state index in [0.29, 0.717) is 6.54 Å². The number of aromatic amines is 1. The molecule has 0 radical (unpaired) electrons. The zero-order chi connectivity index (χ0) is 22.8. The smallest absolute Gasteiger partial charge is 0.331 e. The number of aromatic nitrogens is 1. The number of hydrogen-bond acceptors (Lipinski definition) is 5. The van der Waals surface area contributed by atoms with Crippen LogP contribution in [0.5, 0.6) is 0 Å². The molecule has 3 N–H and O–H groups in total. The first kappa shape index (κ1) is 20.8. The van der Waals surface area contributed by atoms with Gasteiger partial charge in [-0.3, -0.25) is 14.5 Å². The van der Waals surface area contributed by atoms with Gasteiger partial charge in [-0.2, -0.15) is 0 Å². The summed E-state index contributed by atoms with van der Waals surface area (Å²) in [5.41, 5.74) is 2.89. The molecule has 2 aromatic rings. The van der Waals surface area contributed by atoms with Gasteiger partial charge in [0.2, 0.25) is 5.91 Å². The number of esters is 1. The maximum Gasteiger partial charge on any atom is 0.331 e. The number of carbonyl (C=O) groups excluding carboxylic acids is 3. The van der Waals surface area contributed by atoms with Crippen molar-refractivity contribution >= 4 is 34.3 Å². The number of amides is 2. The van der Waals surface area contributed by atoms with Gasteiger partial charge in [0.15, 0.2) is 0 Å². The Kier molecular flexibility index (Phi) is 4.67. The van der Waals surface area contributed by atoms with Crippen LogP contribution in [0, 0.1) is 11.8 Å². The molecule has 8 heteroatoms. The first-order valence-corrected chi connectivity index (χ1v) is 11.0. The van der Waals surface area contributed by atoms with Gasteiger partial charge >= 0.3 is 5.97 Å². The van der Waals surface area contributed by atoms with Gasteiger partial charge in [-0.05, 0) is 42.2 Å². The fourth-order valence-electron chi connectivity index (χ4n) is 5.11. The first-order chi connectivity index (χ1) is 15.2. The second kappa shape index (κ2) is 7.20. The zero-order valence-electron chi connectivity index (χ0n) is 18.7. The summed E-state index contributed by atoms with van der Waals surface area (Å²) in [6.45, 7) is 5.59. The molecule has 0 bridgehead atoms. The van der Waals surface area contributed by atoms with E-state index in [1.807, 2.05) is 33.0 Å². The summed E-state index contributed by atoms with van der Waals surface area (Å²) in [5.74, 6) is -1.98. The molecular formula is C24H28N4O4. The third-order valence-corrected chi connectivity index (χ3v) is 6.91. The summed E-state index contributed by atoms with van der Waals surface area (Å²) in [7, 11) is 2.01. The Hall–Kier alpha value is -3.13. The van der Waals surface area contributed by atoms with E-state index >= 15 is 0 Å². The van der Waals surface area contributed by atoms with Gasteiger partial charge in [-0.25, -0.2) is 4.79 Å². The number of hydrogen-bond donors (Lipinski definition) is 3. The van der Waals surface area contributed by atoms with Crippen LogP contribution in [0.2, 0.25) is 0 Å². The van der Waals surface area contributed by atoms with E-state index < -0.39 is 29.6 Å². The molecule has 0 spiro atoms. The highest BCUT2D eigenvalue weighted by Gasteiger charge is 2.48. The maximum atomic E-state index is 13.2. The minimum absolute atomic E-state index is 0.104. The van der Waals surface area contributed by atoms with E-state index in [1.165, 1.54) is 17.9 Å². The van der Waals surface area contributed by atoms with E-state index in [1.54, 1.807) is 0 Å². The quantitative estimate of drug-likeness (QED) is 0.634. The first-order valence-electron chi connectivity index (χ1n) is 11.0. The summed E-state index contributed by atoms with van der Waals surface area (Å²) in [6, 6.07) is 5.64. The largest absolute Gasteiger partial charge is 0.428 e. The highest BCUT2D eigenvalue weighted by molar-refractivity contribution is 6.01. The molecule has 4 atom stereocenters. The average Bonchev–Trinajstić information content (AvgIpc) is 3.15. The number of H-pyrrole nitrogens is 1. The highest BCUT2D eigenvalue weighted by Crippen LogP contribution is 2.40. The van der Waals surface area contributed by atoms with Crippen LogP contribution in [0.4, 0.5) is 0 Å². The molecule has 1 aromatic carbocycles. The molecule has 1 aromatic heterocycles. The van der Waals surface area contributed by atoms with Gasteiger partial charge in [-0.1, -0.05) is 32.1 Å². The summed E-state index contributed by atoms with van der Waals surface area (Å²) in [5, 5.41) is 6.58. The van der Waals surface area contributed by atoms with Crippen molar-refractivity contribution in [3.8, 4) is 0 Å². The van der Waals surface area contributed by atoms with Crippen molar-refractivity contribution in [2.24, 2.45) is 11.8 Å². The molecule has 8 nitrogen and oxygen atoms in total. The summed E-state index contributed by atoms with van der Waals surface area (Å²) < 4.78 is 5.42. The number of nitrogens with zero attached hydrogens (tertiary/aromatic N) is 1. The molecule has 1 fully saturated rings. The molecule has 1 aliphatic carbocycles. The molecule has 0 unspecified atom stereocenters. The van der Waals surface area contributed by atoms with Crippen molar-refractivity contribution in [1.82, 2.24) is 20.5 Å². The fourth-order valence-corrected chi connectivity index (χ4v) is 5.11. The lowest BCUT2D eigenvalue weighted by atomic mass is 9.79. The van der Waals surface area contributed by atoms with Crippen molar-refractivity contribution in [3.05, 3.63) is 41.6 Å². The van der Waals surface area contributed by atoms with Crippen LogP contribution in [-0.2, 0) is 25.5 Å². The summed E-state index contributed by atoms with van der Waals surface area (Å²) >= 11 is 0. The second-order valence-corrected chi connectivity index (χ2v) is 9.57. The Morgan fingerprint density at radius 2 is 2.09 bits per heavy atom.